The molecule has 0 spiro atoms. The molecule has 34 heavy (non-hydrogen) atoms. The molecule has 5 rings (SSSR count). The Hall–Kier alpha value is -3.55. The molecule has 0 aromatic heterocycles. The van der Waals surface area contributed by atoms with Crippen molar-refractivity contribution in [1.82, 2.24) is 5.32 Å². The predicted molar refractivity (Wildman–Crippen MR) is 130 cm³/mol. The minimum atomic E-state index is -0.0498. The number of amides is 1. The fraction of sp³-hybridized carbons (Fsp3) is 0.296. The molecule has 0 bridgehead atoms. The molecule has 0 aliphatic carbocycles. The Kier molecular flexibility index (Phi) is 6.38. The molecule has 0 atom stereocenters. The van der Waals surface area contributed by atoms with Gasteiger partial charge in [-0.15, -0.1) is 0 Å². The number of aliphatic hydroxyl groups is 1. The number of fused-ring (bicyclic) bond motifs is 2. The average Bonchev–Trinajstić information content (AvgIpc) is 3.32. The number of benzene rings is 3. The lowest BCUT2D eigenvalue weighted by Gasteiger charge is -2.20. The quantitative estimate of drug-likeness (QED) is 0.526. The van der Waals surface area contributed by atoms with E-state index < -0.39 is 0 Å². The molecule has 0 radical (unpaired) electrons. The number of anilines is 1. The topological polar surface area (TPSA) is 80.3 Å². The number of hydrogen-bond acceptors (Lipinski definition) is 6. The number of hydrogen-bond donors (Lipinski definition) is 2. The molecule has 3 aromatic carbocycles. The van der Waals surface area contributed by atoms with Crippen LogP contribution in [-0.2, 0) is 13.0 Å². The van der Waals surface area contributed by atoms with Gasteiger partial charge in [-0.2, -0.15) is 0 Å². The lowest BCUT2D eigenvalue weighted by atomic mass is 9.97. The van der Waals surface area contributed by atoms with Crippen LogP contribution in [0.25, 0.3) is 11.1 Å². The van der Waals surface area contributed by atoms with Crippen LogP contribution in [0.1, 0.15) is 21.5 Å². The Morgan fingerprint density at radius 3 is 2.76 bits per heavy atom. The molecule has 7 nitrogen and oxygen atoms in total. The number of aliphatic hydroxyl groups excluding tert-OH is 1. The summed E-state index contributed by atoms with van der Waals surface area (Å²) in [5.74, 6) is 2.13. The second-order valence-corrected chi connectivity index (χ2v) is 8.30. The summed E-state index contributed by atoms with van der Waals surface area (Å²) in [6.07, 6.45) is 0.784. The summed E-state index contributed by atoms with van der Waals surface area (Å²) in [5, 5.41) is 12.1. The predicted octanol–water partition coefficient (Wildman–Crippen LogP) is 3.42. The van der Waals surface area contributed by atoms with Crippen molar-refractivity contribution >= 4 is 11.6 Å². The first-order valence-electron chi connectivity index (χ1n) is 11.5. The van der Waals surface area contributed by atoms with Crippen LogP contribution < -0.4 is 24.4 Å². The molecule has 2 aliphatic heterocycles. The molecule has 2 aliphatic rings. The second-order valence-electron chi connectivity index (χ2n) is 8.30. The fourth-order valence-electron chi connectivity index (χ4n) is 4.61. The Morgan fingerprint density at radius 2 is 1.94 bits per heavy atom. The molecule has 1 amide bonds. The van der Waals surface area contributed by atoms with Gasteiger partial charge in [0, 0.05) is 36.4 Å². The Morgan fingerprint density at radius 1 is 1.09 bits per heavy atom. The van der Waals surface area contributed by atoms with Gasteiger partial charge in [0.15, 0.2) is 11.5 Å². The number of carbonyl (C=O) groups is 1. The number of methoxy groups -OCH3 is 1. The van der Waals surface area contributed by atoms with E-state index in [-0.39, 0.29) is 12.5 Å². The minimum Gasteiger partial charge on any atom is -0.496 e. The minimum absolute atomic E-state index is 0.0498. The number of nitrogens with one attached hydrogen (secondary N) is 1. The molecule has 0 saturated heterocycles. The maximum Gasteiger partial charge on any atom is 0.258 e. The summed E-state index contributed by atoms with van der Waals surface area (Å²) >= 11 is 0. The SMILES string of the molecule is COc1cc(C(=O)N2CCc3c(-c4ccc5c(c4)OCCO5)cccc32)ccc1CNCCO. The molecule has 7 heteroatoms. The number of rotatable bonds is 7. The third-order valence-electron chi connectivity index (χ3n) is 6.26. The third-order valence-corrected chi connectivity index (χ3v) is 6.26. The highest BCUT2D eigenvalue weighted by molar-refractivity contribution is 6.08. The van der Waals surface area contributed by atoms with Gasteiger partial charge in [0.1, 0.15) is 19.0 Å². The summed E-state index contributed by atoms with van der Waals surface area (Å²) in [7, 11) is 1.60. The normalized spacial score (nSPS) is 14.1. The summed E-state index contributed by atoms with van der Waals surface area (Å²) in [5.41, 5.74) is 5.77. The van der Waals surface area contributed by atoms with Gasteiger partial charge in [0.05, 0.1) is 13.7 Å². The summed E-state index contributed by atoms with van der Waals surface area (Å²) in [4.78, 5) is 15.3. The van der Waals surface area contributed by atoms with Crippen molar-refractivity contribution in [3.63, 3.8) is 0 Å². The van der Waals surface area contributed by atoms with Crippen LogP contribution in [0.4, 0.5) is 5.69 Å². The highest BCUT2D eigenvalue weighted by Crippen LogP contribution is 2.40. The molecule has 0 fully saturated rings. The summed E-state index contributed by atoms with van der Waals surface area (Å²) < 4.78 is 16.9. The van der Waals surface area contributed by atoms with Gasteiger partial charge in [-0.05, 0) is 53.4 Å². The van der Waals surface area contributed by atoms with Crippen molar-refractivity contribution in [2.45, 2.75) is 13.0 Å². The van der Waals surface area contributed by atoms with Crippen LogP contribution in [0.5, 0.6) is 17.2 Å². The van der Waals surface area contributed by atoms with Crippen molar-refractivity contribution in [2.24, 2.45) is 0 Å². The summed E-state index contributed by atoms with van der Waals surface area (Å²) in [6, 6.07) is 17.6. The Balaban J connectivity index is 1.42. The molecule has 0 saturated carbocycles. The van der Waals surface area contributed by atoms with Gasteiger partial charge in [-0.1, -0.05) is 24.3 Å². The first-order chi connectivity index (χ1) is 16.7. The van der Waals surface area contributed by atoms with Gasteiger partial charge < -0.3 is 29.5 Å². The third kappa shape index (κ3) is 4.20. The van der Waals surface area contributed by atoms with Gasteiger partial charge in [-0.3, -0.25) is 4.79 Å². The van der Waals surface area contributed by atoms with Crippen LogP contribution >= 0.6 is 0 Å². The van der Waals surface area contributed by atoms with Crippen LogP contribution in [-0.4, -0.2) is 51.0 Å². The Bertz CT molecular complexity index is 1210. The standard InChI is InChI=1S/C27H28N2O5/c1-32-25-16-19(5-6-20(25)17-28-10-12-30)27(31)29-11-9-22-21(3-2-4-23(22)29)18-7-8-24-26(15-18)34-14-13-33-24/h2-8,15-16,28,30H,9-14,17H2,1H3. The van der Waals surface area contributed by atoms with E-state index in [1.165, 1.54) is 0 Å². The molecule has 0 unspecified atom stereocenters. The van der Waals surface area contributed by atoms with Crippen molar-refractivity contribution in [1.29, 1.82) is 0 Å². The molecular weight excluding hydrogens is 432 g/mol. The van der Waals surface area contributed by atoms with E-state index in [1.54, 1.807) is 13.2 Å². The van der Waals surface area contributed by atoms with E-state index in [4.69, 9.17) is 19.3 Å². The van der Waals surface area contributed by atoms with Crippen LogP contribution in [0.15, 0.2) is 54.6 Å². The zero-order chi connectivity index (χ0) is 23.5. The van der Waals surface area contributed by atoms with E-state index in [0.717, 1.165) is 45.9 Å². The zero-order valence-corrected chi connectivity index (χ0v) is 19.2. The van der Waals surface area contributed by atoms with Gasteiger partial charge in [0.25, 0.3) is 5.91 Å². The van der Waals surface area contributed by atoms with Crippen LogP contribution in [0, 0.1) is 0 Å². The smallest absolute Gasteiger partial charge is 0.258 e. The van der Waals surface area contributed by atoms with Gasteiger partial charge in [-0.25, -0.2) is 0 Å². The van der Waals surface area contributed by atoms with Gasteiger partial charge >= 0.3 is 0 Å². The zero-order valence-electron chi connectivity index (χ0n) is 19.2. The van der Waals surface area contributed by atoms with E-state index in [2.05, 4.69) is 11.4 Å². The second kappa shape index (κ2) is 9.75. The van der Waals surface area contributed by atoms with E-state index >= 15 is 0 Å². The average molecular weight is 461 g/mol. The Labute approximate surface area is 198 Å². The van der Waals surface area contributed by atoms with Crippen molar-refractivity contribution in [3.05, 3.63) is 71.3 Å². The largest absolute Gasteiger partial charge is 0.496 e. The fourth-order valence-corrected chi connectivity index (χ4v) is 4.61. The molecular formula is C27H28N2O5. The van der Waals surface area contributed by atoms with Crippen LogP contribution in [0.2, 0.25) is 0 Å². The van der Waals surface area contributed by atoms with Crippen LogP contribution in [0.3, 0.4) is 0 Å². The molecule has 176 valence electrons. The maximum atomic E-state index is 13.5. The van der Waals surface area contributed by atoms with Crippen molar-refractivity contribution in [2.75, 3.05) is 44.9 Å². The van der Waals surface area contributed by atoms with Crippen molar-refractivity contribution in [3.8, 4) is 28.4 Å². The van der Waals surface area contributed by atoms with E-state index in [9.17, 15) is 4.79 Å². The lowest BCUT2D eigenvalue weighted by molar-refractivity contribution is 0.0989. The van der Waals surface area contributed by atoms with Gasteiger partial charge in [0.2, 0.25) is 0 Å². The first-order valence-corrected chi connectivity index (χ1v) is 11.5. The first kappa shape index (κ1) is 22.3. The highest BCUT2D eigenvalue weighted by atomic mass is 16.6. The highest BCUT2D eigenvalue weighted by Gasteiger charge is 2.28. The lowest BCUT2D eigenvalue weighted by Crippen LogP contribution is -2.29. The summed E-state index contributed by atoms with van der Waals surface area (Å²) in [6.45, 7) is 2.86. The molecule has 2 N–H and O–H groups in total. The molecule has 3 aromatic rings. The monoisotopic (exact) mass is 460 g/mol. The van der Waals surface area contributed by atoms with E-state index in [1.807, 2.05) is 47.4 Å². The van der Waals surface area contributed by atoms with E-state index in [0.29, 0.717) is 44.2 Å². The van der Waals surface area contributed by atoms with Crippen molar-refractivity contribution < 1.29 is 24.1 Å². The molecule has 2 heterocycles. The maximum absolute atomic E-state index is 13.5. The number of carbonyl (C=O) groups excluding carboxylic acids is 1. The number of nitrogens with zero attached hydrogens (tertiary/aromatic N) is 1. The number of ether oxygens (including phenoxy) is 3.